The largest absolute Gasteiger partial charge is 0.334 e. The van der Waals surface area contributed by atoms with Crippen molar-refractivity contribution in [2.45, 2.75) is 56.9 Å². The van der Waals surface area contributed by atoms with Crippen LogP contribution in [0.5, 0.6) is 0 Å². The molecule has 3 rings (SSSR count). The monoisotopic (exact) mass is 333 g/mol. The molecule has 0 spiro atoms. The van der Waals surface area contributed by atoms with Crippen LogP contribution >= 0.6 is 0 Å². The summed E-state index contributed by atoms with van der Waals surface area (Å²) < 4.78 is 52.9. The van der Waals surface area contributed by atoms with Crippen LogP contribution in [-0.2, 0) is 6.54 Å². The molecular weight excluding hydrogens is 310 g/mol. The molecule has 1 atom stereocenters. The molecule has 130 valence electrons. The molecule has 0 radical (unpaired) electrons. The van der Waals surface area contributed by atoms with Crippen LogP contribution in [0.15, 0.2) is 12.4 Å². The van der Waals surface area contributed by atoms with Crippen LogP contribution in [0.3, 0.4) is 0 Å². The molecule has 0 unspecified atom stereocenters. The minimum absolute atomic E-state index is 0.0111. The Kier molecular flexibility index (Phi) is 4.94. The zero-order valence-electron chi connectivity index (χ0n) is 13.1. The summed E-state index contributed by atoms with van der Waals surface area (Å²) >= 11 is 0. The number of piperidine rings is 1. The standard InChI is InChI=1S/C16H23F4N3/c17-15(18)16(19,20)5-8-22-7-1-2-13(11-22)14-21-6-9-23(14)10-12-3-4-12/h6,9,12-13,15H,1-5,7-8,10-11H2/t13-/m0/s1. The van der Waals surface area contributed by atoms with E-state index in [1.807, 2.05) is 11.1 Å². The van der Waals surface area contributed by atoms with E-state index in [1.54, 1.807) is 6.20 Å². The minimum atomic E-state index is -3.89. The summed E-state index contributed by atoms with van der Waals surface area (Å²) in [5.41, 5.74) is 0. The maximum atomic E-state index is 13.1. The van der Waals surface area contributed by atoms with Crippen molar-refractivity contribution in [3.8, 4) is 0 Å². The van der Waals surface area contributed by atoms with Gasteiger partial charge in [-0.3, -0.25) is 0 Å². The van der Waals surface area contributed by atoms with Gasteiger partial charge in [-0.05, 0) is 38.1 Å². The van der Waals surface area contributed by atoms with Gasteiger partial charge in [0, 0.05) is 44.4 Å². The maximum Gasteiger partial charge on any atom is 0.308 e. The molecule has 1 aromatic rings. The second-order valence-corrected chi connectivity index (χ2v) is 6.83. The fourth-order valence-corrected chi connectivity index (χ4v) is 3.30. The van der Waals surface area contributed by atoms with E-state index in [-0.39, 0.29) is 12.5 Å². The van der Waals surface area contributed by atoms with E-state index in [4.69, 9.17) is 0 Å². The van der Waals surface area contributed by atoms with E-state index in [0.29, 0.717) is 13.1 Å². The highest BCUT2D eigenvalue weighted by Gasteiger charge is 2.40. The predicted molar refractivity (Wildman–Crippen MR) is 78.9 cm³/mol. The fraction of sp³-hybridized carbons (Fsp3) is 0.812. The molecule has 1 saturated heterocycles. The van der Waals surface area contributed by atoms with Crippen molar-refractivity contribution >= 4 is 0 Å². The molecule has 1 aliphatic carbocycles. The lowest BCUT2D eigenvalue weighted by atomic mass is 9.96. The third-order valence-corrected chi connectivity index (χ3v) is 4.85. The summed E-state index contributed by atoms with van der Waals surface area (Å²) in [5, 5.41) is 0. The first-order chi connectivity index (χ1) is 11.0. The SMILES string of the molecule is FC(F)C(F)(F)CCN1CCC[C@H](c2nccn2CC2CC2)C1. The summed E-state index contributed by atoms with van der Waals surface area (Å²) in [7, 11) is 0. The lowest BCUT2D eigenvalue weighted by Gasteiger charge is -2.33. The van der Waals surface area contributed by atoms with Crippen molar-refractivity contribution < 1.29 is 17.6 Å². The van der Waals surface area contributed by atoms with Gasteiger partial charge in [0.25, 0.3) is 0 Å². The van der Waals surface area contributed by atoms with Crippen LogP contribution in [0.2, 0.25) is 0 Å². The van der Waals surface area contributed by atoms with Gasteiger partial charge in [-0.25, -0.2) is 22.5 Å². The second-order valence-electron chi connectivity index (χ2n) is 6.83. The molecule has 2 fully saturated rings. The normalized spacial score (nSPS) is 23.6. The molecule has 0 bridgehead atoms. The van der Waals surface area contributed by atoms with Crippen molar-refractivity contribution in [1.82, 2.24) is 14.5 Å². The van der Waals surface area contributed by atoms with Crippen LogP contribution in [0.4, 0.5) is 17.6 Å². The van der Waals surface area contributed by atoms with Gasteiger partial charge in [-0.2, -0.15) is 0 Å². The molecule has 1 aromatic heterocycles. The van der Waals surface area contributed by atoms with Crippen LogP contribution in [-0.4, -0.2) is 46.4 Å². The Balaban J connectivity index is 1.57. The highest BCUT2D eigenvalue weighted by molar-refractivity contribution is 5.04. The van der Waals surface area contributed by atoms with Gasteiger partial charge in [0.05, 0.1) is 0 Å². The predicted octanol–water partition coefficient (Wildman–Crippen LogP) is 3.76. The Morgan fingerprint density at radius 3 is 2.74 bits per heavy atom. The lowest BCUT2D eigenvalue weighted by Crippen LogP contribution is -2.39. The summed E-state index contributed by atoms with van der Waals surface area (Å²) in [6.45, 7) is 2.31. The molecule has 1 saturated carbocycles. The van der Waals surface area contributed by atoms with Gasteiger partial charge < -0.3 is 9.47 Å². The molecule has 7 heteroatoms. The average Bonchev–Trinajstić information content (AvgIpc) is 3.21. The number of aromatic nitrogens is 2. The van der Waals surface area contributed by atoms with E-state index in [9.17, 15) is 17.6 Å². The number of likely N-dealkylation sites (tertiary alicyclic amines) is 1. The Labute approximate surface area is 133 Å². The minimum Gasteiger partial charge on any atom is -0.334 e. The van der Waals surface area contributed by atoms with Gasteiger partial charge in [-0.15, -0.1) is 0 Å². The smallest absolute Gasteiger partial charge is 0.308 e. The molecule has 2 heterocycles. The molecule has 0 N–H and O–H groups in total. The van der Waals surface area contributed by atoms with Crippen LogP contribution in [0, 0.1) is 5.92 Å². The number of rotatable bonds is 7. The molecular formula is C16H23F4N3. The van der Waals surface area contributed by atoms with Crippen LogP contribution in [0.25, 0.3) is 0 Å². The van der Waals surface area contributed by atoms with E-state index >= 15 is 0 Å². The first kappa shape index (κ1) is 16.7. The molecule has 23 heavy (non-hydrogen) atoms. The number of imidazole rings is 1. The number of nitrogens with zero attached hydrogens (tertiary/aromatic N) is 3. The molecule has 1 aliphatic heterocycles. The Morgan fingerprint density at radius 2 is 2.04 bits per heavy atom. The van der Waals surface area contributed by atoms with Gasteiger partial charge in [0.1, 0.15) is 5.82 Å². The zero-order valence-corrected chi connectivity index (χ0v) is 13.1. The summed E-state index contributed by atoms with van der Waals surface area (Å²) in [5.74, 6) is -1.93. The maximum absolute atomic E-state index is 13.1. The first-order valence-electron chi connectivity index (χ1n) is 8.35. The van der Waals surface area contributed by atoms with E-state index < -0.39 is 18.8 Å². The second kappa shape index (κ2) is 6.79. The van der Waals surface area contributed by atoms with Gasteiger partial charge in [0.2, 0.25) is 0 Å². The van der Waals surface area contributed by atoms with E-state index in [1.165, 1.54) is 12.8 Å². The van der Waals surface area contributed by atoms with Crippen molar-refractivity contribution in [2.75, 3.05) is 19.6 Å². The molecule has 0 amide bonds. The topological polar surface area (TPSA) is 21.1 Å². The quantitative estimate of drug-likeness (QED) is 0.709. The van der Waals surface area contributed by atoms with Crippen LogP contribution < -0.4 is 0 Å². The Bertz CT molecular complexity index is 513. The van der Waals surface area contributed by atoms with E-state index in [2.05, 4.69) is 9.55 Å². The van der Waals surface area contributed by atoms with Crippen molar-refractivity contribution in [2.24, 2.45) is 5.92 Å². The van der Waals surface area contributed by atoms with Crippen molar-refractivity contribution in [1.29, 1.82) is 0 Å². The molecule has 0 aromatic carbocycles. The summed E-state index contributed by atoms with van der Waals surface area (Å²) in [6.07, 6.45) is 3.80. The van der Waals surface area contributed by atoms with E-state index in [0.717, 1.165) is 31.1 Å². The number of hydrogen-bond acceptors (Lipinski definition) is 2. The Morgan fingerprint density at radius 1 is 1.26 bits per heavy atom. The molecule has 2 aliphatic rings. The summed E-state index contributed by atoms with van der Waals surface area (Å²) in [6, 6.07) is 0. The highest BCUT2D eigenvalue weighted by Crippen LogP contribution is 2.33. The average molecular weight is 333 g/mol. The highest BCUT2D eigenvalue weighted by atomic mass is 19.3. The van der Waals surface area contributed by atoms with Crippen LogP contribution in [0.1, 0.15) is 43.8 Å². The number of hydrogen-bond donors (Lipinski definition) is 0. The third kappa shape index (κ3) is 4.25. The first-order valence-corrected chi connectivity index (χ1v) is 8.35. The third-order valence-electron chi connectivity index (χ3n) is 4.85. The Hall–Kier alpha value is -1.11. The van der Waals surface area contributed by atoms with Gasteiger partial charge in [-0.1, -0.05) is 0 Å². The van der Waals surface area contributed by atoms with Gasteiger partial charge in [0.15, 0.2) is 0 Å². The number of halogens is 4. The van der Waals surface area contributed by atoms with Crippen molar-refractivity contribution in [3.05, 3.63) is 18.2 Å². The number of alkyl halides is 4. The van der Waals surface area contributed by atoms with Gasteiger partial charge >= 0.3 is 12.3 Å². The van der Waals surface area contributed by atoms with Crippen molar-refractivity contribution in [3.63, 3.8) is 0 Å². The molecule has 3 nitrogen and oxygen atoms in total. The fourth-order valence-electron chi connectivity index (χ4n) is 3.30. The summed E-state index contributed by atoms with van der Waals surface area (Å²) in [4.78, 5) is 6.34. The zero-order chi connectivity index (χ0) is 16.4. The lowest BCUT2D eigenvalue weighted by molar-refractivity contribution is -0.136.